The molecule has 1 aromatic rings. The van der Waals surface area contributed by atoms with E-state index in [4.69, 9.17) is 11.6 Å². The number of benzene rings is 1. The van der Waals surface area contributed by atoms with Crippen LogP contribution in [0.25, 0.3) is 0 Å². The molecule has 3 nitrogen and oxygen atoms in total. The van der Waals surface area contributed by atoms with Crippen LogP contribution in [0.5, 0.6) is 0 Å². The van der Waals surface area contributed by atoms with Crippen LogP contribution in [0.15, 0.2) is 24.3 Å². The molecule has 1 unspecified atom stereocenters. The molecule has 0 N–H and O–H groups in total. The van der Waals surface area contributed by atoms with Gasteiger partial charge in [-0.1, -0.05) is 53.5 Å². The van der Waals surface area contributed by atoms with Gasteiger partial charge in [0.25, 0.3) is 0 Å². The van der Waals surface area contributed by atoms with Crippen LogP contribution in [0, 0.1) is 0 Å². The summed E-state index contributed by atoms with van der Waals surface area (Å²) < 4.78 is 22.5. The van der Waals surface area contributed by atoms with Crippen LogP contribution in [-0.4, -0.2) is 23.6 Å². The van der Waals surface area contributed by atoms with Crippen molar-refractivity contribution in [2.45, 2.75) is 23.9 Å². The number of hydrogen-bond acceptors (Lipinski definition) is 3. The number of Topliss-reactive ketones (excluding diaryl/α,β-unsaturated/α-hetero) is 1. The molecule has 0 aliphatic heterocycles. The zero-order chi connectivity index (χ0) is 14.0. The molecule has 0 radical (unpaired) electrons. The molecule has 0 aliphatic carbocycles. The van der Waals surface area contributed by atoms with E-state index in [1.807, 2.05) is 0 Å². The van der Waals surface area contributed by atoms with Crippen molar-refractivity contribution < 1.29 is 13.2 Å². The predicted molar refractivity (Wildman–Crippen MR) is 77.2 cm³/mol. The van der Waals surface area contributed by atoms with E-state index in [0.29, 0.717) is 10.6 Å². The van der Waals surface area contributed by atoms with Crippen molar-refractivity contribution in [3.8, 4) is 0 Å². The topological polar surface area (TPSA) is 51.2 Å². The van der Waals surface area contributed by atoms with Gasteiger partial charge in [-0.15, -0.1) is 0 Å². The van der Waals surface area contributed by atoms with E-state index in [2.05, 4.69) is 15.9 Å². The smallest absolute Gasteiger partial charge is 0.194 e. The lowest BCUT2D eigenvalue weighted by Gasteiger charge is -2.24. The van der Waals surface area contributed by atoms with Crippen molar-refractivity contribution in [3.05, 3.63) is 34.9 Å². The van der Waals surface area contributed by atoms with E-state index in [9.17, 15) is 13.2 Å². The van der Waals surface area contributed by atoms with E-state index in [-0.39, 0.29) is 12.2 Å². The third-order valence-electron chi connectivity index (χ3n) is 2.75. The largest absolute Gasteiger partial charge is 0.291 e. The highest BCUT2D eigenvalue weighted by atomic mass is 79.9. The standard InChI is InChI=1S/C12H14BrClO3S/c1-3-12(13,18(16,17)4-2)11(15)9-6-5-7-10(14)8-9/h5-8H,3-4H2,1-2H3. The first-order chi connectivity index (χ1) is 8.28. The van der Waals surface area contributed by atoms with Gasteiger partial charge in [0.15, 0.2) is 19.3 Å². The minimum Gasteiger partial charge on any atom is -0.291 e. The maximum atomic E-state index is 12.4. The molecule has 100 valence electrons. The number of sulfone groups is 1. The molecule has 0 aromatic heterocycles. The molecule has 0 bridgehead atoms. The highest BCUT2D eigenvalue weighted by molar-refractivity contribution is 9.12. The van der Waals surface area contributed by atoms with Gasteiger partial charge < -0.3 is 0 Å². The zero-order valence-electron chi connectivity index (χ0n) is 10.1. The minimum absolute atomic E-state index is 0.0988. The number of ketones is 1. The molecule has 6 heteroatoms. The first-order valence-electron chi connectivity index (χ1n) is 5.50. The van der Waals surface area contributed by atoms with Gasteiger partial charge >= 0.3 is 0 Å². The number of halogens is 2. The summed E-state index contributed by atoms with van der Waals surface area (Å²) in [6.07, 6.45) is 0.161. The minimum atomic E-state index is -3.55. The Labute approximate surface area is 121 Å². The number of rotatable bonds is 5. The lowest BCUT2D eigenvalue weighted by Crippen LogP contribution is -2.41. The van der Waals surface area contributed by atoms with E-state index in [1.165, 1.54) is 13.0 Å². The molecule has 0 aliphatic rings. The fraction of sp³-hybridized carbons (Fsp3) is 0.417. The lowest BCUT2D eigenvalue weighted by molar-refractivity contribution is 0.0976. The molecule has 1 aromatic carbocycles. The van der Waals surface area contributed by atoms with E-state index in [0.717, 1.165) is 0 Å². The van der Waals surface area contributed by atoms with Crippen molar-refractivity contribution in [1.29, 1.82) is 0 Å². The number of carbonyl (C=O) groups excluding carboxylic acids is 1. The van der Waals surface area contributed by atoms with Gasteiger partial charge in [0.2, 0.25) is 0 Å². The van der Waals surface area contributed by atoms with Gasteiger partial charge in [-0.2, -0.15) is 0 Å². The second-order valence-electron chi connectivity index (χ2n) is 3.82. The Morgan fingerprint density at radius 3 is 2.44 bits per heavy atom. The number of alkyl halides is 1. The molecule has 18 heavy (non-hydrogen) atoms. The maximum absolute atomic E-state index is 12.4. The zero-order valence-corrected chi connectivity index (χ0v) is 13.3. The summed E-state index contributed by atoms with van der Waals surface area (Å²) in [6.45, 7) is 3.18. The molecule has 0 heterocycles. The molecular formula is C12H14BrClO3S. The molecule has 0 spiro atoms. The summed E-state index contributed by atoms with van der Waals surface area (Å²) in [7, 11) is -3.55. The summed E-state index contributed by atoms with van der Waals surface area (Å²) >= 11 is 8.93. The van der Waals surface area contributed by atoms with Crippen LogP contribution >= 0.6 is 27.5 Å². The average molecular weight is 354 g/mol. The SMILES string of the molecule is CCC(Br)(C(=O)c1cccc(Cl)c1)S(=O)(=O)CC. The molecule has 0 saturated heterocycles. The average Bonchev–Trinajstić information content (AvgIpc) is 2.36. The first kappa shape index (κ1) is 15.7. The van der Waals surface area contributed by atoms with Gasteiger partial charge in [0.05, 0.1) is 0 Å². The Morgan fingerprint density at radius 2 is 2.00 bits per heavy atom. The summed E-state index contributed by atoms with van der Waals surface area (Å²) in [5.74, 6) is -0.576. The molecule has 1 rings (SSSR count). The van der Waals surface area contributed by atoms with Crippen LogP contribution < -0.4 is 0 Å². The maximum Gasteiger partial charge on any atom is 0.194 e. The lowest BCUT2D eigenvalue weighted by atomic mass is 10.1. The van der Waals surface area contributed by atoms with Crippen molar-refractivity contribution in [3.63, 3.8) is 0 Å². The van der Waals surface area contributed by atoms with Crippen LogP contribution in [0.4, 0.5) is 0 Å². The van der Waals surface area contributed by atoms with Gasteiger partial charge in [0, 0.05) is 16.3 Å². The summed E-state index contributed by atoms with van der Waals surface area (Å²) in [5.41, 5.74) is 0.290. The summed E-state index contributed by atoms with van der Waals surface area (Å²) in [4.78, 5) is 12.4. The van der Waals surface area contributed by atoms with Gasteiger partial charge in [-0.05, 0) is 18.6 Å². The van der Waals surface area contributed by atoms with Gasteiger partial charge in [-0.25, -0.2) is 8.42 Å². The van der Waals surface area contributed by atoms with Crippen molar-refractivity contribution in [2.75, 3.05) is 5.75 Å². The fourth-order valence-corrected chi connectivity index (χ4v) is 4.00. The second kappa shape index (κ2) is 5.72. The molecule has 0 fully saturated rings. The molecule has 0 amide bonds. The Hall–Kier alpha value is -0.390. The molecule has 1 atom stereocenters. The van der Waals surface area contributed by atoms with E-state index in [1.54, 1.807) is 25.1 Å². The third-order valence-corrected chi connectivity index (χ3v) is 7.61. The second-order valence-corrected chi connectivity index (χ2v) is 8.64. The summed E-state index contributed by atoms with van der Waals surface area (Å²) in [6, 6.07) is 6.29. The Kier molecular flexibility index (Phi) is 4.98. The normalized spacial score (nSPS) is 15.1. The van der Waals surface area contributed by atoms with Crippen LogP contribution in [-0.2, 0) is 9.84 Å². The van der Waals surface area contributed by atoms with Crippen molar-refractivity contribution >= 4 is 43.2 Å². The van der Waals surface area contributed by atoms with Crippen molar-refractivity contribution in [2.24, 2.45) is 0 Å². The van der Waals surface area contributed by atoms with Crippen molar-refractivity contribution in [1.82, 2.24) is 0 Å². The van der Waals surface area contributed by atoms with Crippen LogP contribution in [0.1, 0.15) is 30.6 Å². The van der Waals surface area contributed by atoms with Gasteiger partial charge in [0.1, 0.15) is 0 Å². The Balaban J connectivity index is 3.31. The predicted octanol–water partition coefficient (Wildman–Crippen LogP) is 3.46. The highest BCUT2D eigenvalue weighted by Crippen LogP contribution is 2.34. The Morgan fingerprint density at radius 1 is 1.39 bits per heavy atom. The first-order valence-corrected chi connectivity index (χ1v) is 8.32. The number of carbonyl (C=O) groups is 1. The van der Waals surface area contributed by atoms with E-state index >= 15 is 0 Å². The number of hydrogen-bond donors (Lipinski definition) is 0. The highest BCUT2D eigenvalue weighted by Gasteiger charge is 2.45. The van der Waals surface area contributed by atoms with E-state index < -0.39 is 19.3 Å². The van der Waals surface area contributed by atoms with Crippen LogP contribution in [0.2, 0.25) is 5.02 Å². The quantitative estimate of drug-likeness (QED) is 0.602. The summed E-state index contributed by atoms with van der Waals surface area (Å²) in [5, 5.41) is 0.403. The monoisotopic (exact) mass is 352 g/mol. The molecular weight excluding hydrogens is 340 g/mol. The fourth-order valence-electron chi connectivity index (χ4n) is 1.60. The van der Waals surface area contributed by atoms with Crippen LogP contribution in [0.3, 0.4) is 0 Å². The Bertz CT molecular complexity index is 556. The van der Waals surface area contributed by atoms with Gasteiger partial charge in [-0.3, -0.25) is 4.79 Å². The third kappa shape index (κ3) is 2.78. The molecule has 0 saturated carbocycles.